The molecule has 0 aliphatic carbocycles. The molecule has 1 amide bonds. The van der Waals surface area contributed by atoms with Gasteiger partial charge in [-0.05, 0) is 18.9 Å². The SMILES string of the molecule is O=C(NCc1ccccc1F)C1CCCO1. The molecule has 1 saturated heterocycles. The lowest BCUT2D eigenvalue weighted by molar-refractivity contribution is -0.130. The van der Waals surface area contributed by atoms with Gasteiger partial charge in [0.2, 0.25) is 5.91 Å². The summed E-state index contributed by atoms with van der Waals surface area (Å²) in [5.74, 6) is -0.448. The van der Waals surface area contributed by atoms with E-state index < -0.39 is 0 Å². The highest BCUT2D eigenvalue weighted by Crippen LogP contribution is 2.12. The summed E-state index contributed by atoms with van der Waals surface area (Å²) < 4.78 is 18.5. The van der Waals surface area contributed by atoms with Crippen LogP contribution in [0, 0.1) is 5.82 Å². The van der Waals surface area contributed by atoms with Gasteiger partial charge in [0, 0.05) is 18.7 Å². The van der Waals surface area contributed by atoms with Gasteiger partial charge in [-0.3, -0.25) is 4.79 Å². The lowest BCUT2D eigenvalue weighted by atomic mass is 10.2. The van der Waals surface area contributed by atoms with Crippen LogP contribution in [0.1, 0.15) is 18.4 Å². The Bertz CT molecular complexity index is 375. The van der Waals surface area contributed by atoms with E-state index in [4.69, 9.17) is 4.74 Å². The van der Waals surface area contributed by atoms with E-state index in [9.17, 15) is 9.18 Å². The van der Waals surface area contributed by atoms with Crippen molar-refractivity contribution >= 4 is 5.91 Å². The van der Waals surface area contributed by atoms with Crippen molar-refractivity contribution in [1.82, 2.24) is 5.32 Å². The molecule has 1 fully saturated rings. The Morgan fingerprint density at radius 2 is 2.31 bits per heavy atom. The predicted molar refractivity (Wildman–Crippen MR) is 57.2 cm³/mol. The highest BCUT2D eigenvalue weighted by Gasteiger charge is 2.23. The average Bonchev–Trinajstić information content (AvgIpc) is 2.81. The highest BCUT2D eigenvalue weighted by atomic mass is 19.1. The van der Waals surface area contributed by atoms with E-state index in [-0.39, 0.29) is 24.4 Å². The van der Waals surface area contributed by atoms with E-state index in [1.54, 1.807) is 18.2 Å². The molecule has 16 heavy (non-hydrogen) atoms. The van der Waals surface area contributed by atoms with Crippen LogP contribution < -0.4 is 5.32 Å². The Morgan fingerprint density at radius 1 is 1.50 bits per heavy atom. The molecule has 1 atom stereocenters. The van der Waals surface area contributed by atoms with Crippen LogP contribution in [-0.2, 0) is 16.1 Å². The van der Waals surface area contributed by atoms with Gasteiger partial charge >= 0.3 is 0 Å². The summed E-state index contributed by atoms with van der Waals surface area (Å²) in [6.07, 6.45) is 1.31. The summed E-state index contributed by atoms with van der Waals surface area (Å²) in [5.41, 5.74) is 0.494. The zero-order chi connectivity index (χ0) is 11.4. The maximum atomic E-state index is 13.2. The van der Waals surface area contributed by atoms with Crippen molar-refractivity contribution in [1.29, 1.82) is 0 Å². The van der Waals surface area contributed by atoms with Crippen LogP contribution in [0.4, 0.5) is 4.39 Å². The Morgan fingerprint density at radius 3 is 3.00 bits per heavy atom. The average molecular weight is 223 g/mol. The molecule has 0 saturated carbocycles. The number of benzene rings is 1. The normalized spacial score (nSPS) is 19.7. The predicted octanol–water partition coefficient (Wildman–Crippen LogP) is 1.62. The van der Waals surface area contributed by atoms with Crippen LogP contribution in [-0.4, -0.2) is 18.6 Å². The summed E-state index contributed by atoms with van der Waals surface area (Å²) in [5, 5.41) is 2.68. The van der Waals surface area contributed by atoms with Crippen molar-refractivity contribution in [2.75, 3.05) is 6.61 Å². The van der Waals surface area contributed by atoms with Gasteiger partial charge in [-0.25, -0.2) is 4.39 Å². The molecule has 3 nitrogen and oxygen atoms in total. The van der Waals surface area contributed by atoms with E-state index in [0.29, 0.717) is 12.2 Å². The van der Waals surface area contributed by atoms with Gasteiger partial charge in [0.25, 0.3) is 0 Å². The fourth-order valence-electron chi connectivity index (χ4n) is 1.72. The number of halogens is 1. The second kappa shape index (κ2) is 5.07. The minimum absolute atomic E-state index is 0.152. The third-order valence-corrected chi connectivity index (χ3v) is 2.63. The van der Waals surface area contributed by atoms with E-state index in [1.807, 2.05) is 0 Å². The first-order valence-corrected chi connectivity index (χ1v) is 5.40. The minimum atomic E-state index is -0.355. The van der Waals surface area contributed by atoms with Crippen molar-refractivity contribution in [3.05, 3.63) is 35.6 Å². The molecule has 0 spiro atoms. The van der Waals surface area contributed by atoms with Gasteiger partial charge in [0.15, 0.2) is 0 Å². The van der Waals surface area contributed by atoms with Crippen LogP contribution in [0.5, 0.6) is 0 Å². The van der Waals surface area contributed by atoms with Crippen molar-refractivity contribution in [2.24, 2.45) is 0 Å². The Hall–Kier alpha value is -1.42. The molecule has 1 aliphatic heterocycles. The number of rotatable bonds is 3. The summed E-state index contributed by atoms with van der Waals surface area (Å²) in [4.78, 5) is 11.6. The Kier molecular flexibility index (Phi) is 3.51. The molecule has 1 unspecified atom stereocenters. The van der Waals surface area contributed by atoms with E-state index >= 15 is 0 Å². The monoisotopic (exact) mass is 223 g/mol. The number of nitrogens with one attached hydrogen (secondary N) is 1. The minimum Gasteiger partial charge on any atom is -0.368 e. The number of carbonyl (C=O) groups excluding carboxylic acids is 1. The van der Waals surface area contributed by atoms with Crippen molar-refractivity contribution in [3.63, 3.8) is 0 Å². The number of carbonyl (C=O) groups is 1. The maximum Gasteiger partial charge on any atom is 0.249 e. The standard InChI is InChI=1S/C12H14FNO2/c13-10-5-2-1-4-9(10)8-14-12(15)11-6-3-7-16-11/h1-2,4-5,11H,3,6-8H2,(H,14,15). The molecule has 2 rings (SSSR count). The van der Waals surface area contributed by atoms with Gasteiger partial charge in [-0.15, -0.1) is 0 Å². The Labute approximate surface area is 93.6 Å². The quantitative estimate of drug-likeness (QED) is 0.845. The lowest BCUT2D eigenvalue weighted by Crippen LogP contribution is -2.33. The van der Waals surface area contributed by atoms with Gasteiger partial charge in [-0.1, -0.05) is 18.2 Å². The smallest absolute Gasteiger partial charge is 0.249 e. The van der Waals surface area contributed by atoms with Gasteiger partial charge < -0.3 is 10.1 Å². The van der Waals surface area contributed by atoms with Gasteiger partial charge in [-0.2, -0.15) is 0 Å². The fourth-order valence-corrected chi connectivity index (χ4v) is 1.72. The molecule has 4 heteroatoms. The van der Waals surface area contributed by atoms with Crippen LogP contribution >= 0.6 is 0 Å². The summed E-state index contributed by atoms with van der Waals surface area (Å²) in [7, 11) is 0. The summed E-state index contributed by atoms with van der Waals surface area (Å²) in [6, 6.07) is 6.41. The molecule has 1 aliphatic rings. The number of amides is 1. The number of hydrogen-bond acceptors (Lipinski definition) is 2. The molecule has 1 N–H and O–H groups in total. The van der Waals surface area contributed by atoms with Crippen LogP contribution in [0.15, 0.2) is 24.3 Å². The molecule has 1 aromatic carbocycles. The fraction of sp³-hybridized carbons (Fsp3) is 0.417. The molecule has 1 heterocycles. The highest BCUT2D eigenvalue weighted by molar-refractivity contribution is 5.80. The van der Waals surface area contributed by atoms with Crippen molar-refractivity contribution in [2.45, 2.75) is 25.5 Å². The molecule has 0 radical (unpaired) electrons. The van der Waals surface area contributed by atoms with Crippen LogP contribution in [0.2, 0.25) is 0 Å². The van der Waals surface area contributed by atoms with Crippen LogP contribution in [0.25, 0.3) is 0 Å². The molecule has 0 bridgehead atoms. The van der Waals surface area contributed by atoms with Crippen LogP contribution in [0.3, 0.4) is 0 Å². The van der Waals surface area contributed by atoms with Crippen molar-refractivity contribution in [3.8, 4) is 0 Å². The zero-order valence-electron chi connectivity index (χ0n) is 8.91. The number of ether oxygens (including phenoxy) is 1. The van der Waals surface area contributed by atoms with E-state index in [2.05, 4.69) is 5.32 Å². The third-order valence-electron chi connectivity index (χ3n) is 2.63. The van der Waals surface area contributed by atoms with Gasteiger partial charge in [0.1, 0.15) is 11.9 Å². The topological polar surface area (TPSA) is 38.3 Å². The Balaban J connectivity index is 1.87. The second-order valence-corrected chi connectivity index (χ2v) is 3.81. The first-order valence-electron chi connectivity index (χ1n) is 5.40. The molecular formula is C12H14FNO2. The first kappa shape index (κ1) is 11.1. The van der Waals surface area contributed by atoms with Crippen molar-refractivity contribution < 1.29 is 13.9 Å². The molecule has 86 valence electrons. The molecular weight excluding hydrogens is 209 g/mol. The second-order valence-electron chi connectivity index (χ2n) is 3.81. The van der Waals surface area contributed by atoms with E-state index in [1.165, 1.54) is 6.07 Å². The first-order chi connectivity index (χ1) is 7.77. The lowest BCUT2D eigenvalue weighted by Gasteiger charge is -2.10. The van der Waals surface area contributed by atoms with E-state index in [0.717, 1.165) is 12.8 Å². The third kappa shape index (κ3) is 2.58. The largest absolute Gasteiger partial charge is 0.368 e. The molecule has 1 aromatic rings. The number of hydrogen-bond donors (Lipinski definition) is 1. The zero-order valence-corrected chi connectivity index (χ0v) is 8.91. The van der Waals surface area contributed by atoms with Gasteiger partial charge in [0.05, 0.1) is 0 Å². The summed E-state index contributed by atoms with van der Waals surface area (Å²) in [6.45, 7) is 0.850. The molecule has 0 aromatic heterocycles. The maximum absolute atomic E-state index is 13.2. The summed E-state index contributed by atoms with van der Waals surface area (Å²) >= 11 is 0.